The maximum absolute atomic E-state index is 12.2. The number of piperazine rings is 1. The highest BCUT2D eigenvalue weighted by molar-refractivity contribution is 6.35. The molecule has 2 saturated heterocycles. The summed E-state index contributed by atoms with van der Waals surface area (Å²) in [4.78, 5) is 39.1. The highest BCUT2D eigenvalue weighted by Crippen LogP contribution is 2.17. The Morgan fingerprint density at radius 3 is 2.35 bits per heavy atom. The normalized spacial score (nSPS) is 23.4. The van der Waals surface area contributed by atoms with Gasteiger partial charge in [-0.15, -0.1) is 0 Å². The zero-order chi connectivity index (χ0) is 14.5. The zero-order valence-corrected chi connectivity index (χ0v) is 11.9. The molecule has 2 N–H and O–H groups in total. The smallest absolute Gasteiger partial charge is 0.312 e. The van der Waals surface area contributed by atoms with Gasteiger partial charge in [-0.1, -0.05) is 0 Å². The van der Waals surface area contributed by atoms with E-state index in [0.717, 1.165) is 25.9 Å². The van der Waals surface area contributed by atoms with Gasteiger partial charge in [-0.3, -0.25) is 14.4 Å². The molecule has 0 bridgehead atoms. The van der Waals surface area contributed by atoms with Gasteiger partial charge in [0.1, 0.15) is 0 Å². The van der Waals surface area contributed by atoms with Crippen molar-refractivity contribution in [2.45, 2.75) is 12.8 Å². The molecule has 3 amide bonds. The second-order valence-electron chi connectivity index (χ2n) is 5.25. The number of likely N-dealkylation sites (tertiary alicyclic amines) is 1. The van der Waals surface area contributed by atoms with Crippen molar-refractivity contribution >= 4 is 17.7 Å². The molecule has 20 heavy (non-hydrogen) atoms. The van der Waals surface area contributed by atoms with E-state index in [1.165, 1.54) is 4.90 Å². The van der Waals surface area contributed by atoms with E-state index < -0.39 is 11.8 Å². The summed E-state index contributed by atoms with van der Waals surface area (Å²) < 4.78 is 0. The molecule has 2 fully saturated rings. The lowest BCUT2D eigenvalue weighted by atomic mass is 9.97. The van der Waals surface area contributed by atoms with Crippen molar-refractivity contribution in [2.24, 2.45) is 5.92 Å². The number of carbonyl (C=O) groups excluding carboxylic acids is 3. The molecular weight excluding hydrogens is 260 g/mol. The average molecular weight is 282 g/mol. The first kappa shape index (κ1) is 14.8. The number of carbonyl (C=O) groups is 3. The predicted octanol–water partition coefficient (Wildman–Crippen LogP) is -1.60. The van der Waals surface area contributed by atoms with Crippen LogP contribution in [0.1, 0.15) is 12.8 Å². The van der Waals surface area contributed by atoms with Crippen molar-refractivity contribution in [3.8, 4) is 0 Å². The summed E-state index contributed by atoms with van der Waals surface area (Å²) in [7, 11) is 1.59. The summed E-state index contributed by atoms with van der Waals surface area (Å²) in [5.41, 5.74) is 0. The Bertz CT molecular complexity index is 393. The van der Waals surface area contributed by atoms with Gasteiger partial charge in [-0.2, -0.15) is 0 Å². The molecule has 2 aliphatic heterocycles. The molecular formula is C13H22N4O3. The van der Waals surface area contributed by atoms with E-state index in [1.807, 2.05) is 0 Å². The van der Waals surface area contributed by atoms with E-state index in [1.54, 1.807) is 11.9 Å². The lowest BCUT2D eigenvalue weighted by Gasteiger charge is -2.34. The van der Waals surface area contributed by atoms with Crippen LogP contribution in [0.4, 0.5) is 0 Å². The van der Waals surface area contributed by atoms with Gasteiger partial charge >= 0.3 is 11.8 Å². The maximum Gasteiger partial charge on any atom is 0.312 e. The van der Waals surface area contributed by atoms with E-state index in [-0.39, 0.29) is 11.8 Å². The van der Waals surface area contributed by atoms with Gasteiger partial charge < -0.3 is 20.4 Å². The second kappa shape index (κ2) is 6.69. The third kappa shape index (κ3) is 3.27. The summed E-state index contributed by atoms with van der Waals surface area (Å²) in [5, 5.41) is 5.75. The fourth-order valence-corrected chi connectivity index (χ4v) is 2.72. The van der Waals surface area contributed by atoms with Gasteiger partial charge in [0.05, 0.1) is 5.92 Å². The van der Waals surface area contributed by atoms with Crippen LogP contribution in [0.2, 0.25) is 0 Å². The minimum absolute atomic E-state index is 0.0582. The van der Waals surface area contributed by atoms with Crippen LogP contribution in [0.15, 0.2) is 0 Å². The van der Waals surface area contributed by atoms with Crippen molar-refractivity contribution < 1.29 is 14.4 Å². The summed E-state index contributed by atoms with van der Waals surface area (Å²) in [5.74, 6) is -1.17. The van der Waals surface area contributed by atoms with Crippen LogP contribution < -0.4 is 10.6 Å². The number of hydrogen-bond acceptors (Lipinski definition) is 4. The fourth-order valence-electron chi connectivity index (χ4n) is 2.72. The van der Waals surface area contributed by atoms with Crippen LogP contribution in [0.25, 0.3) is 0 Å². The predicted molar refractivity (Wildman–Crippen MR) is 72.8 cm³/mol. The van der Waals surface area contributed by atoms with Crippen LogP contribution in [0.5, 0.6) is 0 Å². The van der Waals surface area contributed by atoms with E-state index in [9.17, 15) is 14.4 Å². The number of nitrogens with zero attached hydrogens (tertiary/aromatic N) is 2. The Labute approximate surface area is 118 Å². The zero-order valence-electron chi connectivity index (χ0n) is 11.9. The Morgan fingerprint density at radius 1 is 1.05 bits per heavy atom. The minimum atomic E-state index is -0.472. The van der Waals surface area contributed by atoms with Crippen LogP contribution in [-0.4, -0.2) is 73.8 Å². The molecule has 112 valence electrons. The summed E-state index contributed by atoms with van der Waals surface area (Å²) in [6.07, 6.45) is 1.53. The molecule has 1 atom stereocenters. The third-order valence-electron chi connectivity index (χ3n) is 3.91. The topological polar surface area (TPSA) is 81.8 Å². The monoisotopic (exact) mass is 282 g/mol. The second-order valence-corrected chi connectivity index (χ2v) is 5.25. The lowest BCUT2D eigenvalue weighted by Crippen LogP contribution is -2.54. The molecule has 0 aromatic carbocycles. The first-order chi connectivity index (χ1) is 9.63. The molecule has 1 unspecified atom stereocenters. The third-order valence-corrected chi connectivity index (χ3v) is 3.91. The largest absolute Gasteiger partial charge is 0.359 e. The number of rotatable bonds is 1. The molecule has 0 aromatic heterocycles. The average Bonchev–Trinajstić information content (AvgIpc) is 2.53. The van der Waals surface area contributed by atoms with E-state index in [2.05, 4.69) is 10.6 Å². The first-order valence-electron chi connectivity index (χ1n) is 7.14. The summed E-state index contributed by atoms with van der Waals surface area (Å²) in [6, 6.07) is 0. The standard InChI is InChI=1S/C13H22N4O3/c1-14-11(18)10-3-2-6-17(9-10)13(20)12(19)16-7-4-15-5-8-16/h10,15H,2-9H2,1H3,(H,14,18). The summed E-state index contributed by atoms with van der Waals surface area (Å²) >= 11 is 0. The molecule has 0 radical (unpaired) electrons. The molecule has 2 heterocycles. The van der Waals surface area contributed by atoms with Crippen LogP contribution in [0, 0.1) is 5.92 Å². The molecule has 2 aliphatic rings. The van der Waals surface area contributed by atoms with Gasteiger partial charge in [0.2, 0.25) is 5.91 Å². The summed E-state index contributed by atoms with van der Waals surface area (Å²) in [6.45, 7) is 3.48. The molecule has 2 rings (SSSR count). The first-order valence-corrected chi connectivity index (χ1v) is 7.14. The van der Waals surface area contributed by atoms with Gasteiger partial charge in [0.15, 0.2) is 0 Å². The maximum atomic E-state index is 12.2. The highest BCUT2D eigenvalue weighted by atomic mass is 16.2. The van der Waals surface area contributed by atoms with Crippen molar-refractivity contribution in [3.63, 3.8) is 0 Å². The SMILES string of the molecule is CNC(=O)C1CCCN(C(=O)C(=O)N2CCNCC2)C1. The number of piperidine rings is 1. The van der Waals surface area contributed by atoms with E-state index >= 15 is 0 Å². The number of nitrogens with one attached hydrogen (secondary N) is 2. The Hall–Kier alpha value is -1.63. The number of amides is 3. The van der Waals surface area contributed by atoms with Gasteiger partial charge in [0.25, 0.3) is 0 Å². The van der Waals surface area contributed by atoms with E-state index in [0.29, 0.717) is 26.2 Å². The van der Waals surface area contributed by atoms with Gasteiger partial charge in [-0.25, -0.2) is 0 Å². The Balaban J connectivity index is 1.93. The van der Waals surface area contributed by atoms with Crippen molar-refractivity contribution in [1.82, 2.24) is 20.4 Å². The molecule has 7 nitrogen and oxygen atoms in total. The Kier molecular flexibility index (Phi) is 4.94. The minimum Gasteiger partial charge on any atom is -0.359 e. The van der Waals surface area contributed by atoms with Crippen molar-refractivity contribution in [2.75, 3.05) is 46.3 Å². The molecule has 0 spiro atoms. The van der Waals surface area contributed by atoms with Crippen molar-refractivity contribution in [1.29, 1.82) is 0 Å². The highest BCUT2D eigenvalue weighted by Gasteiger charge is 2.33. The van der Waals surface area contributed by atoms with Gasteiger partial charge in [0, 0.05) is 46.3 Å². The van der Waals surface area contributed by atoms with Gasteiger partial charge in [-0.05, 0) is 12.8 Å². The quantitative estimate of drug-likeness (QED) is 0.568. The lowest BCUT2D eigenvalue weighted by molar-refractivity contribution is -0.153. The van der Waals surface area contributed by atoms with Crippen LogP contribution in [-0.2, 0) is 14.4 Å². The fraction of sp³-hybridized carbons (Fsp3) is 0.769. The number of hydrogen-bond donors (Lipinski definition) is 2. The van der Waals surface area contributed by atoms with Crippen LogP contribution >= 0.6 is 0 Å². The molecule has 0 aromatic rings. The molecule has 0 saturated carbocycles. The molecule has 7 heteroatoms. The van der Waals surface area contributed by atoms with E-state index in [4.69, 9.17) is 0 Å². The van der Waals surface area contributed by atoms with Crippen LogP contribution in [0.3, 0.4) is 0 Å². The molecule has 0 aliphatic carbocycles. The van der Waals surface area contributed by atoms with Crippen molar-refractivity contribution in [3.05, 3.63) is 0 Å². The Morgan fingerprint density at radius 2 is 1.70 bits per heavy atom.